The smallest absolute Gasteiger partial charge is 0.258 e. The van der Waals surface area contributed by atoms with Gasteiger partial charge in [0, 0.05) is 6.07 Å². The number of aromatic nitrogens is 1. The zero-order chi connectivity index (χ0) is 14.1. The summed E-state index contributed by atoms with van der Waals surface area (Å²) in [5, 5.41) is 22.4. The molecule has 1 rings (SSSR count). The number of primary sulfonamides is 1. The molecule has 0 bridgehead atoms. The summed E-state index contributed by atoms with van der Waals surface area (Å²) >= 11 is 0. The van der Waals surface area contributed by atoms with Crippen molar-refractivity contribution >= 4 is 15.7 Å². The van der Waals surface area contributed by atoms with Crippen LogP contribution in [0.4, 0.5) is 14.5 Å². The van der Waals surface area contributed by atoms with Crippen LogP contribution in [-0.2, 0) is 10.0 Å². The van der Waals surface area contributed by atoms with Crippen molar-refractivity contribution in [3.63, 3.8) is 0 Å². The molecule has 1 aromatic heterocycles. The standard InChI is InChI=1S/C7H4F2N4O4S/c8-6(9)5-3(2-10)1-4(13(14)15)7(12-5)18(11,16)17/h1,6H,(H2,11,16,17). The average molecular weight is 278 g/mol. The third-order valence-electron chi connectivity index (χ3n) is 1.79. The quantitative estimate of drug-likeness (QED) is 0.628. The van der Waals surface area contributed by atoms with Crippen molar-refractivity contribution in [1.82, 2.24) is 4.98 Å². The second-order valence-corrected chi connectivity index (χ2v) is 4.44. The summed E-state index contributed by atoms with van der Waals surface area (Å²) in [6.07, 6.45) is -3.26. The van der Waals surface area contributed by atoms with Crippen LogP contribution in [0, 0.1) is 21.4 Å². The molecule has 1 aromatic rings. The molecule has 0 saturated heterocycles. The highest BCUT2D eigenvalue weighted by Crippen LogP contribution is 2.28. The van der Waals surface area contributed by atoms with E-state index in [4.69, 9.17) is 5.26 Å². The number of alkyl halides is 2. The van der Waals surface area contributed by atoms with E-state index < -0.39 is 43.3 Å². The van der Waals surface area contributed by atoms with Gasteiger partial charge >= 0.3 is 5.69 Å². The maximum atomic E-state index is 12.5. The highest BCUT2D eigenvalue weighted by atomic mass is 32.2. The Morgan fingerprint density at radius 3 is 2.44 bits per heavy atom. The first-order chi connectivity index (χ1) is 8.18. The summed E-state index contributed by atoms with van der Waals surface area (Å²) in [4.78, 5) is 12.3. The van der Waals surface area contributed by atoms with Crippen molar-refractivity contribution < 1.29 is 22.1 Å². The van der Waals surface area contributed by atoms with Crippen LogP contribution in [0.1, 0.15) is 17.7 Å². The lowest BCUT2D eigenvalue weighted by atomic mass is 10.2. The Bertz CT molecular complexity index is 652. The molecule has 0 amide bonds. The van der Waals surface area contributed by atoms with E-state index in [1.807, 2.05) is 0 Å². The summed E-state index contributed by atoms with van der Waals surface area (Å²) in [5.41, 5.74) is -3.09. The highest BCUT2D eigenvalue weighted by Gasteiger charge is 2.30. The van der Waals surface area contributed by atoms with Crippen molar-refractivity contribution in [2.75, 3.05) is 0 Å². The van der Waals surface area contributed by atoms with E-state index in [1.54, 1.807) is 0 Å². The van der Waals surface area contributed by atoms with E-state index in [0.717, 1.165) is 0 Å². The third-order valence-corrected chi connectivity index (χ3v) is 2.63. The summed E-state index contributed by atoms with van der Waals surface area (Å²) in [6.45, 7) is 0. The molecule has 0 fully saturated rings. The fraction of sp³-hybridized carbons (Fsp3) is 0.143. The fourth-order valence-electron chi connectivity index (χ4n) is 1.10. The van der Waals surface area contributed by atoms with Crippen LogP contribution in [0.5, 0.6) is 0 Å². The molecule has 18 heavy (non-hydrogen) atoms. The number of rotatable bonds is 3. The monoisotopic (exact) mass is 278 g/mol. The van der Waals surface area contributed by atoms with Crippen LogP contribution >= 0.6 is 0 Å². The topological polar surface area (TPSA) is 140 Å². The molecular weight excluding hydrogens is 274 g/mol. The molecule has 0 aliphatic heterocycles. The molecular formula is C7H4F2N4O4S. The summed E-state index contributed by atoms with van der Waals surface area (Å²) in [5.74, 6) is 0. The predicted octanol–water partition coefficient (Wildman–Crippen LogP) is 0.446. The van der Waals surface area contributed by atoms with E-state index in [9.17, 15) is 27.3 Å². The largest absolute Gasteiger partial charge is 0.309 e. The third kappa shape index (κ3) is 2.55. The number of hydrogen-bond donors (Lipinski definition) is 1. The average Bonchev–Trinajstić information content (AvgIpc) is 2.25. The normalized spacial score (nSPS) is 11.3. The van der Waals surface area contributed by atoms with Crippen molar-refractivity contribution in [3.05, 3.63) is 27.4 Å². The second-order valence-electron chi connectivity index (χ2n) is 2.96. The van der Waals surface area contributed by atoms with Gasteiger partial charge in [-0.1, -0.05) is 0 Å². The van der Waals surface area contributed by atoms with Gasteiger partial charge in [0.15, 0.2) is 0 Å². The van der Waals surface area contributed by atoms with Crippen molar-refractivity contribution in [1.29, 1.82) is 5.26 Å². The van der Waals surface area contributed by atoms with Crippen molar-refractivity contribution in [2.45, 2.75) is 11.5 Å². The van der Waals surface area contributed by atoms with Crippen LogP contribution in [0.15, 0.2) is 11.1 Å². The van der Waals surface area contributed by atoms with Gasteiger partial charge in [-0.25, -0.2) is 27.3 Å². The van der Waals surface area contributed by atoms with Gasteiger partial charge in [0.2, 0.25) is 5.03 Å². The molecule has 0 saturated carbocycles. The molecule has 2 N–H and O–H groups in total. The number of hydrogen-bond acceptors (Lipinski definition) is 6. The van der Waals surface area contributed by atoms with Gasteiger partial charge in [-0.15, -0.1) is 0 Å². The lowest BCUT2D eigenvalue weighted by Crippen LogP contribution is -2.17. The summed E-state index contributed by atoms with van der Waals surface area (Å²) in [7, 11) is -4.66. The predicted molar refractivity (Wildman–Crippen MR) is 51.9 cm³/mol. The lowest BCUT2D eigenvalue weighted by Gasteiger charge is -2.05. The fourth-order valence-corrected chi connectivity index (χ4v) is 1.75. The SMILES string of the molecule is N#Cc1cc([N+](=O)[O-])c(S(N)(=O)=O)nc1C(F)F. The number of nitriles is 1. The lowest BCUT2D eigenvalue weighted by molar-refractivity contribution is -0.388. The molecule has 8 nitrogen and oxygen atoms in total. The van der Waals surface area contributed by atoms with E-state index >= 15 is 0 Å². The molecule has 0 aliphatic rings. The van der Waals surface area contributed by atoms with E-state index in [0.29, 0.717) is 6.07 Å². The van der Waals surface area contributed by atoms with Gasteiger partial charge in [-0.05, 0) is 0 Å². The Morgan fingerprint density at radius 1 is 1.56 bits per heavy atom. The van der Waals surface area contributed by atoms with E-state index in [1.165, 1.54) is 6.07 Å². The van der Waals surface area contributed by atoms with Crippen LogP contribution in [-0.4, -0.2) is 18.3 Å². The first-order valence-electron chi connectivity index (χ1n) is 4.09. The van der Waals surface area contributed by atoms with Crippen molar-refractivity contribution in [2.24, 2.45) is 5.14 Å². The molecule has 0 spiro atoms. The molecule has 0 aliphatic carbocycles. The van der Waals surface area contributed by atoms with Gasteiger partial charge < -0.3 is 0 Å². The zero-order valence-corrected chi connectivity index (χ0v) is 9.19. The Hall–Kier alpha value is -2.19. The minimum absolute atomic E-state index is 0.397. The number of nitro groups is 1. The molecule has 0 aromatic carbocycles. The number of sulfonamides is 1. The Labute approximate surface area is 98.9 Å². The minimum Gasteiger partial charge on any atom is -0.258 e. The minimum atomic E-state index is -4.66. The number of nitrogens with two attached hydrogens (primary N) is 1. The number of pyridine rings is 1. The molecule has 96 valence electrons. The maximum Gasteiger partial charge on any atom is 0.309 e. The van der Waals surface area contributed by atoms with E-state index in [2.05, 4.69) is 10.1 Å². The molecule has 0 unspecified atom stereocenters. The van der Waals surface area contributed by atoms with Gasteiger partial charge in [-0.2, -0.15) is 5.26 Å². The molecule has 0 radical (unpaired) electrons. The summed E-state index contributed by atoms with van der Waals surface area (Å²) < 4.78 is 47.0. The zero-order valence-electron chi connectivity index (χ0n) is 8.37. The van der Waals surface area contributed by atoms with Gasteiger partial charge in [0.05, 0.1) is 10.5 Å². The van der Waals surface area contributed by atoms with Gasteiger partial charge in [0.25, 0.3) is 16.4 Å². The van der Waals surface area contributed by atoms with Crippen LogP contribution < -0.4 is 5.14 Å². The van der Waals surface area contributed by atoms with Crippen LogP contribution in [0.3, 0.4) is 0 Å². The van der Waals surface area contributed by atoms with E-state index in [-0.39, 0.29) is 0 Å². The Balaban J connectivity index is 3.76. The van der Waals surface area contributed by atoms with Gasteiger partial charge in [0.1, 0.15) is 11.8 Å². The number of nitrogens with zero attached hydrogens (tertiary/aromatic N) is 3. The molecule has 0 atom stereocenters. The van der Waals surface area contributed by atoms with Gasteiger partial charge in [-0.3, -0.25) is 10.1 Å². The highest BCUT2D eigenvalue weighted by molar-refractivity contribution is 7.89. The Morgan fingerprint density at radius 2 is 2.11 bits per heavy atom. The Kier molecular flexibility index (Phi) is 3.54. The van der Waals surface area contributed by atoms with Crippen LogP contribution in [0.25, 0.3) is 0 Å². The number of halogens is 2. The molecule has 1 heterocycles. The van der Waals surface area contributed by atoms with Crippen molar-refractivity contribution in [3.8, 4) is 6.07 Å². The first kappa shape index (κ1) is 13.9. The maximum absolute atomic E-state index is 12.5. The summed E-state index contributed by atoms with van der Waals surface area (Å²) in [6, 6.07) is 1.67. The first-order valence-corrected chi connectivity index (χ1v) is 5.63. The second kappa shape index (κ2) is 4.59. The van der Waals surface area contributed by atoms with Crippen LogP contribution in [0.2, 0.25) is 0 Å². The molecule has 11 heteroatoms.